The summed E-state index contributed by atoms with van der Waals surface area (Å²) in [7, 11) is 0. The Kier molecular flexibility index (Phi) is 4.24. The molecule has 0 atom stereocenters. The number of halogens is 2. The fraction of sp³-hybridized carbons (Fsp3) is 0.250. The van der Waals surface area contributed by atoms with Crippen LogP contribution in [0.25, 0.3) is 0 Å². The number of benzene rings is 1. The first-order valence-electron chi connectivity index (χ1n) is 4.81. The summed E-state index contributed by atoms with van der Waals surface area (Å²) in [6.07, 6.45) is 1.50. The number of anilines is 1. The number of allylic oxidation sites excluding steroid dienone is 1. The third-order valence-electron chi connectivity index (χ3n) is 1.94. The van der Waals surface area contributed by atoms with Crippen molar-refractivity contribution >= 4 is 27.5 Å². The van der Waals surface area contributed by atoms with Crippen molar-refractivity contribution in [3.63, 3.8) is 0 Å². The van der Waals surface area contributed by atoms with Crippen LogP contribution in [0, 0.1) is 12.7 Å². The molecule has 0 saturated heterocycles. The zero-order valence-electron chi connectivity index (χ0n) is 9.40. The fourth-order valence-electron chi connectivity index (χ4n) is 1.21. The van der Waals surface area contributed by atoms with Crippen LogP contribution in [0.4, 0.5) is 10.1 Å². The lowest BCUT2D eigenvalue weighted by atomic mass is 10.2. The van der Waals surface area contributed by atoms with Gasteiger partial charge in [-0.25, -0.2) is 4.39 Å². The van der Waals surface area contributed by atoms with Crippen LogP contribution < -0.4 is 5.32 Å². The standard InChI is InChI=1S/C12H13BrFNO/c1-7(2)4-12(16)15-11-6-9(13)10(14)5-8(11)3/h4-6H,1-3H3,(H,15,16). The summed E-state index contributed by atoms with van der Waals surface area (Å²) in [5.41, 5.74) is 2.21. The topological polar surface area (TPSA) is 29.1 Å². The maximum absolute atomic E-state index is 13.1. The summed E-state index contributed by atoms with van der Waals surface area (Å²) in [6.45, 7) is 5.42. The molecule has 16 heavy (non-hydrogen) atoms. The Balaban J connectivity index is 2.94. The molecule has 0 aliphatic rings. The molecule has 1 N–H and O–H groups in total. The largest absolute Gasteiger partial charge is 0.322 e. The van der Waals surface area contributed by atoms with Gasteiger partial charge in [0, 0.05) is 11.8 Å². The molecule has 1 aromatic rings. The van der Waals surface area contributed by atoms with Gasteiger partial charge in [0.1, 0.15) is 5.82 Å². The van der Waals surface area contributed by atoms with Gasteiger partial charge in [0.25, 0.3) is 0 Å². The molecular weight excluding hydrogens is 273 g/mol. The summed E-state index contributed by atoms with van der Waals surface area (Å²) < 4.78 is 13.5. The minimum atomic E-state index is -0.335. The van der Waals surface area contributed by atoms with E-state index < -0.39 is 0 Å². The zero-order chi connectivity index (χ0) is 12.3. The zero-order valence-corrected chi connectivity index (χ0v) is 11.0. The second-order valence-corrected chi connectivity index (χ2v) is 4.65. The van der Waals surface area contributed by atoms with Crippen LogP contribution in [0.5, 0.6) is 0 Å². The Morgan fingerprint density at radius 2 is 2.06 bits per heavy atom. The molecule has 0 fully saturated rings. The molecule has 0 aliphatic carbocycles. The fourth-order valence-corrected chi connectivity index (χ4v) is 1.56. The highest BCUT2D eigenvalue weighted by molar-refractivity contribution is 9.10. The van der Waals surface area contributed by atoms with E-state index in [2.05, 4.69) is 21.2 Å². The molecule has 0 bridgehead atoms. The second-order valence-electron chi connectivity index (χ2n) is 3.79. The van der Waals surface area contributed by atoms with Crippen molar-refractivity contribution in [2.75, 3.05) is 5.32 Å². The first-order valence-corrected chi connectivity index (χ1v) is 5.61. The highest BCUT2D eigenvalue weighted by Gasteiger charge is 2.06. The van der Waals surface area contributed by atoms with Crippen LogP contribution in [0.1, 0.15) is 19.4 Å². The number of carbonyl (C=O) groups is 1. The minimum Gasteiger partial charge on any atom is -0.322 e. The number of aryl methyl sites for hydroxylation is 1. The maximum atomic E-state index is 13.1. The molecule has 1 aromatic carbocycles. The molecule has 0 unspecified atom stereocenters. The Morgan fingerprint density at radius 1 is 1.44 bits per heavy atom. The van der Waals surface area contributed by atoms with Crippen LogP contribution in [-0.4, -0.2) is 5.91 Å². The van der Waals surface area contributed by atoms with Crippen LogP contribution in [0.2, 0.25) is 0 Å². The van der Waals surface area contributed by atoms with Crippen LogP contribution in [0.15, 0.2) is 28.3 Å². The second kappa shape index (κ2) is 5.25. The Morgan fingerprint density at radius 3 is 2.62 bits per heavy atom. The van der Waals surface area contributed by atoms with Gasteiger partial charge in [0.2, 0.25) is 5.91 Å². The van der Waals surface area contributed by atoms with E-state index in [-0.39, 0.29) is 11.7 Å². The van der Waals surface area contributed by atoms with Gasteiger partial charge >= 0.3 is 0 Å². The molecule has 0 aromatic heterocycles. The predicted octanol–water partition coefficient (Wildman–Crippen LogP) is 3.80. The average Bonchev–Trinajstić information content (AvgIpc) is 2.12. The summed E-state index contributed by atoms with van der Waals surface area (Å²) in [6, 6.07) is 2.93. The lowest BCUT2D eigenvalue weighted by Gasteiger charge is -2.08. The third-order valence-corrected chi connectivity index (χ3v) is 2.55. The molecule has 0 spiro atoms. The van der Waals surface area contributed by atoms with Gasteiger partial charge in [-0.15, -0.1) is 0 Å². The first-order chi connectivity index (χ1) is 7.40. The van der Waals surface area contributed by atoms with Crippen LogP contribution >= 0.6 is 15.9 Å². The average molecular weight is 286 g/mol. The molecule has 2 nitrogen and oxygen atoms in total. The Hall–Kier alpha value is -1.16. The van der Waals surface area contributed by atoms with Gasteiger partial charge in [-0.3, -0.25) is 4.79 Å². The highest BCUT2D eigenvalue weighted by atomic mass is 79.9. The van der Waals surface area contributed by atoms with Gasteiger partial charge in [-0.2, -0.15) is 0 Å². The Labute approximate surface area is 103 Å². The van der Waals surface area contributed by atoms with E-state index in [1.807, 2.05) is 13.8 Å². The van der Waals surface area contributed by atoms with E-state index in [1.165, 1.54) is 12.1 Å². The van der Waals surface area contributed by atoms with Gasteiger partial charge < -0.3 is 5.32 Å². The van der Waals surface area contributed by atoms with Crippen molar-refractivity contribution in [2.45, 2.75) is 20.8 Å². The van der Waals surface area contributed by atoms with Gasteiger partial charge in [-0.05, 0) is 54.4 Å². The number of hydrogen-bond acceptors (Lipinski definition) is 1. The van der Waals surface area contributed by atoms with Crippen molar-refractivity contribution in [1.29, 1.82) is 0 Å². The summed E-state index contributed by atoms with van der Waals surface area (Å²) in [5, 5.41) is 2.70. The van der Waals surface area contributed by atoms with Crippen LogP contribution in [0.3, 0.4) is 0 Å². The predicted molar refractivity (Wildman–Crippen MR) is 66.9 cm³/mol. The number of rotatable bonds is 2. The summed E-state index contributed by atoms with van der Waals surface area (Å²) in [5.74, 6) is -0.542. The third kappa shape index (κ3) is 3.45. The van der Waals surface area contributed by atoms with Crippen LogP contribution in [-0.2, 0) is 4.79 Å². The minimum absolute atomic E-state index is 0.207. The normalized spacial score (nSPS) is 9.81. The molecule has 1 rings (SSSR count). The van der Waals surface area contributed by atoms with E-state index in [0.717, 1.165) is 5.57 Å². The molecule has 4 heteroatoms. The first kappa shape index (κ1) is 12.9. The molecule has 0 saturated carbocycles. The van der Waals surface area contributed by atoms with Crippen molar-refractivity contribution < 1.29 is 9.18 Å². The van der Waals surface area contributed by atoms with E-state index in [0.29, 0.717) is 15.7 Å². The lowest BCUT2D eigenvalue weighted by molar-refractivity contribution is -0.111. The maximum Gasteiger partial charge on any atom is 0.248 e. The molecule has 0 radical (unpaired) electrons. The number of hydrogen-bond donors (Lipinski definition) is 1. The van der Waals surface area contributed by atoms with E-state index in [4.69, 9.17) is 0 Å². The summed E-state index contributed by atoms with van der Waals surface area (Å²) in [4.78, 5) is 11.5. The monoisotopic (exact) mass is 285 g/mol. The van der Waals surface area contributed by atoms with Gasteiger partial charge in [0.05, 0.1) is 4.47 Å². The van der Waals surface area contributed by atoms with E-state index >= 15 is 0 Å². The number of carbonyl (C=O) groups excluding carboxylic acids is 1. The smallest absolute Gasteiger partial charge is 0.248 e. The van der Waals surface area contributed by atoms with Gasteiger partial charge in [0.15, 0.2) is 0 Å². The summed E-state index contributed by atoms with van der Waals surface area (Å²) >= 11 is 3.08. The number of nitrogens with one attached hydrogen (secondary N) is 1. The van der Waals surface area contributed by atoms with Crippen molar-refractivity contribution in [1.82, 2.24) is 0 Å². The SMILES string of the molecule is CC(C)=CC(=O)Nc1cc(Br)c(F)cc1C. The van der Waals surface area contributed by atoms with E-state index in [1.54, 1.807) is 13.0 Å². The highest BCUT2D eigenvalue weighted by Crippen LogP contribution is 2.24. The lowest BCUT2D eigenvalue weighted by Crippen LogP contribution is -2.09. The van der Waals surface area contributed by atoms with Crippen molar-refractivity contribution in [3.8, 4) is 0 Å². The van der Waals surface area contributed by atoms with Gasteiger partial charge in [-0.1, -0.05) is 5.57 Å². The van der Waals surface area contributed by atoms with Crippen molar-refractivity contribution in [3.05, 3.63) is 39.6 Å². The molecule has 0 aliphatic heterocycles. The molecule has 86 valence electrons. The van der Waals surface area contributed by atoms with E-state index in [9.17, 15) is 9.18 Å². The molecular formula is C12H13BrFNO. The number of amides is 1. The molecule has 0 heterocycles. The van der Waals surface area contributed by atoms with Crippen molar-refractivity contribution in [2.24, 2.45) is 0 Å². The quantitative estimate of drug-likeness (QED) is 0.823. The molecule has 1 amide bonds. The Bertz CT molecular complexity index is 451.